The minimum absolute atomic E-state index is 0.306. The molecule has 0 amide bonds. The number of nitrogens with zero attached hydrogens (tertiary/aromatic N) is 2. The van der Waals surface area contributed by atoms with E-state index in [2.05, 4.69) is 34.8 Å². The van der Waals surface area contributed by atoms with E-state index in [9.17, 15) is 0 Å². The van der Waals surface area contributed by atoms with Crippen molar-refractivity contribution in [3.63, 3.8) is 0 Å². The summed E-state index contributed by atoms with van der Waals surface area (Å²) in [5.41, 5.74) is 0.920. The van der Waals surface area contributed by atoms with Crippen molar-refractivity contribution < 1.29 is 4.42 Å². The van der Waals surface area contributed by atoms with Gasteiger partial charge in [0.2, 0.25) is 0 Å². The van der Waals surface area contributed by atoms with Crippen LogP contribution in [0.4, 0.5) is 0 Å². The van der Waals surface area contributed by atoms with Crippen molar-refractivity contribution in [2.45, 2.75) is 19.9 Å². The summed E-state index contributed by atoms with van der Waals surface area (Å²) in [7, 11) is 0. The van der Waals surface area contributed by atoms with Gasteiger partial charge in [-0.2, -0.15) is 0 Å². The van der Waals surface area contributed by atoms with Crippen LogP contribution >= 0.6 is 27.5 Å². The second-order valence-corrected chi connectivity index (χ2v) is 4.56. The quantitative estimate of drug-likeness (QED) is 0.832. The highest BCUT2D eigenvalue weighted by atomic mass is 79.9. The molecule has 2 heterocycles. The highest BCUT2D eigenvalue weighted by Crippen LogP contribution is 2.29. The first kappa shape index (κ1) is 10.8. The van der Waals surface area contributed by atoms with Crippen molar-refractivity contribution in [3.8, 4) is 11.5 Å². The molecular weight excluding hydrogens is 279 g/mol. The third kappa shape index (κ3) is 1.96. The van der Waals surface area contributed by atoms with Gasteiger partial charge in [0.15, 0.2) is 15.7 Å². The zero-order valence-electron chi connectivity index (χ0n) is 8.37. The van der Waals surface area contributed by atoms with Crippen LogP contribution in [0.3, 0.4) is 0 Å². The van der Waals surface area contributed by atoms with Crippen molar-refractivity contribution in [2.24, 2.45) is 0 Å². The molecule has 2 aromatic rings. The second kappa shape index (κ2) is 4.02. The van der Waals surface area contributed by atoms with Crippen molar-refractivity contribution in [1.82, 2.24) is 9.55 Å². The molecule has 15 heavy (non-hydrogen) atoms. The van der Waals surface area contributed by atoms with Crippen molar-refractivity contribution in [3.05, 3.63) is 28.3 Å². The SMILES string of the molecule is CC(C)n1c(-c2ccc(Cl)o2)cnc1Br. The number of imidazole rings is 1. The molecule has 0 saturated heterocycles. The Bertz CT molecular complexity index is 475. The van der Waals surface area contributed by atoms with Crippen molar-refractivity contribution in [2.75, 3.05) is 0 Å². The van der Waals surface area contributed by atoms with Crippen LogP contribution in [0.2, 0.25) is 5.22 Å². The Morgan fingerprint density at radius 1 is 1.47 bits per heavy atom. The molecule has 3 nitrogen and oxygen atoms in total. The Hall–Kier alpha value is -0.740. The maximum Gasteiger partial charge on any atom is 0.194 e. The lowest BCUT2D eigenvalue weighted by atomic mass is 10.3. The van der Waals surface area contributed by atoms with E-state index in [0.717, 1.165) is 16.2 Å². The Morgan fingerprint density at radius 3 is 2.73 bits per heavy atom. The standard InChI is InChI=1S/C10H10BrClN2O/c1-6(2)14-7(5-13-10(14)11)8-3-4-9(12)15-8/h3-6H,1-2H3. The summed E-state index contributed by atoms with van der Waals surface area (Å²) in [6.07, 6.45) is 1.76. The summed E-state index contributed by atoms with van der Waals surface area (Å²) >= 11 is 9.14. The zero-order chi connectivity index (χ0) is 11.0. The van der Waals surface area contributed by atoms with Crippen molar-refractivity contribution in [1.29, 1.82) is 0 Å². The van der Waals surface area contributed by atoms with Gasteiger partial charge in [0.1, 0.15) is 5.69 Å². The lowest BCUT2D eigenvalue weighted by Gasteiger charge is -2.11. The average molecular weight is 290 g/mol. The van der Waals surface area contributed by atoms with Crippen LogP contribution < -0.4 is 0 Å². The lowest BCUT2D eigenvalue weighted by Crippen LogP contribution is -2.02. The van der Waals surface area contributed by atoms with Gasteiger partial charge in [-0.15, -0.1) is 0 Å². The van der Waals surface area contributed by atoms with Gasteiger partial charge in [0.25, 0.3) is 0 Å². The van der Waals surface area contributed by atoms with Crippen LogP contribution in [0.1, 0.15) is 19.9 Å². The summed E-state index contributed by atoms with van der Waals surface area (Å²) in [6, 6.07) is 3.87. The summed E-state index contributed by atoms with van der Waals surface area (Å²) in [5.74, 6) is 0.729. The second-order valence-electron chi connectivity index (χ2n) is 3.48. The highest BCUT2D eigenvalue weighted by molar-refractivity contribution is 9.10. The third-order valence-electron chi connectivity index (χ3n) is 2.09. The predicted molar refractivity (Wildman–Crippen MR) is 63.0 cm³/mol. The number of hydrogen-bond donors (Lipinski definition) is 0. The van der Waals surface area contributed by atoms with Crippen LogP contribution in [0.5, 0.6) is 0 Å². The van der Waals surface area contributed by atoms with E-state index in [0.29, 0.717) is 11.3 Å². The van der Waals surface area contributed by atoms with Crippen LogP contribution in [0.25, 0.3) is 11.5 Å². The molecule has 0 bridgehead atoms. The van der Waals surface area contributed by atoms with Crippen LogP contribution in [-0.4, -0.2) is 9.55 Å². The zero-order valence-corrected chi connectivity index (χ0v) is 10.7. The molecule has 0 fully saturated rings. The summed E-state index contributed by atoms with van der Waals surface area (Å²) < 4.78 is 8.19. The molecule has 0 N–H and O–H groups in total. The topological polar surface area (TPSA) is 31.0 Å². The van der Waals surface area contributed by atoms with E-state index in [1.165, 1.54) is 0 Å². The number of rotatable bonds is 2. The molecule has 0 aromatic carbocycles. The van der Waals surface area contributed by atoms with Crippen LogP contribution in [0, 0.1) is 0 Å². The number of hydrogen-bond acceptors (Lipinski definition) is 2. The summed E-state index contributed by atoms with van der Waals surface area (Å²) in [5, 5.41) is 0.387. The molecule has 0 aliphatic carbocycles. The molecule has 0 aliphatic heterocycles. The van der Waals surface area contributed by atoms with Gasteiger partial charge >= 0.3 is 0 Å². The molecule has 0 spiro atoms. The molecule has 2 aromatic heterocycles. The predicted octanol–water partition coefficient (Wildman–Crippen LogP) is 4.14. The first-order valence-corrected chi connectivity index (χ1v) is 5.75. The largest absolute Gasteiger partial charge is 0.443 e. The Kier molecular flexibility index (Phi) is 2.89. The van der Waals surface area contributed by atoms with Gasteiger partial charge in [0, 0.05) is 6.04 Å². The van der Waals surface area contributed by atoms with Gasteiger partial charge in [-0.25, -0.2) is 4.98 Å². The first-order valence-electron chi connectivity index (χ1n) is 4.58. The Labute approximate surface area is 101 Å². The Balaban J connectivity index is 2.53. The number of aromatic nitrogens is 2. The third-order valence-corrected chi connectivity index (χ3v) is 2.88. The van der Waals surface area contributed by atoms with Gasteiger partial charge in [-0.05, 0) is 53.5 Å². The van der Waals surface area contributed by atoms with Crippen LogP contribution in [-0.2, 0) is 0 Å². The maximum atomic E-state index is 5.74. The molecular formula is C10H10BrClN2O. The monoisotopic (exact) mass is 288 g/mol. The maximum absolute atomic E-state index is 5.74. The molecule has 0 unspecified atom stereocenters. The normalized spacial score (nSPS) is 11.3. The van der Waals surface area contributed by atoms with E-state index in [4.69, 9.17) is 16.0 Å². The van der Waals surface area contributed by atoms with E-state index >= 15 is 0 Å². The van der Waals surface area contributed by atoms with Gasteiger partial charge in [-0.1, -0.05) is 0 Å². The van der Waals surface area contributed by atoms with Crippen LogP contribution in [0.15, 0.2) is 27.5 Å². The van der Waals surface area contributed by atoms with Crippen molar-refractivity contribution >= 4 is 27.5 Å². The first-order chi connectivity index (χ1) is 7.09. The molecule has 2 rings (SSSR count). The Morgan fingerprint density at radius 2 is 2.20 bits per heavy atom. The highest BCUT2D eigenvalue weighted by Gasteiger charge is 2.14. The molecule has 5 heteroatoms. The fourth-order valence-electron chi connectivity index (χ4n) is 1.46. The van der Waals surface area contributed by atoms with E-state index in [1.807, 2.05) is 10.6 Å². The van der Waals surface area contributed by atoms with Gasteiger partial charge in [-0.3, -0.25) is 0 Å². The van der Waals surface area contributed by atoms with E-state index in [-0.39, 0.29) is 0 Å². The molecule has 0 atom stereocenters. The smallest absolute Gasteiger partial charge is 0.194 e. The van der Waals surface area contributed by atoms with E-state index < -0.39 is 0 Å². The number of halogens is 2. The minimum atomic E-state index is 0.306. The molecule has 0 aliphatic rings. The summed E-state index contributed by atoms with van der Waals surface area (Å²) in [4.78, 5) is 4.20. The fourth-order valence-corrected chi connectivity index (χ4v) is 2.31. The van der Waals surface area contributed by atoms with Gasteiger partial charge < -0.3 is 8.98 Å². The molecule has 80 valence electrons. The average Bonchev–Trinajstić information content (AvgIpc) is 2.71. The minimum Gasteiger partial charge on any atom is -0.443 e. The van der Waals surface area contributed by atoms with E-state index in [1.54, 1.807) is 12.3 Å². The number of furan rings is 1. The molecule has 0 radical (unpaired) electrons. The lowest BCUT2D eigenvalue weighted by molar-refractivity contribution is 0.551. The molecule has 0 saturated carbocycles. The fraction of sp³-hybridized carbons (Fsp3) is 0.300. The van der Waals surface area contributed by atoms with Gasteiger partial charge in [0.05, 0.1) is 6.20 Å². The summed E-state index contributed by atoms with van der Waals surface area (Å²) in [6.45, 7) is 4.17.